The molecule has 2 heterocycles. The number of allylic oxidation sites excluding steroid dienone is 19. The molecule has 0 radical (unpaired) electrons. The minimum absolute atomic E-state index is 0.210. The summed E-state index contributed by atoms with van der Waals surface area (Å²) < 4.78 is 22.7. The topological polar surface area (TPSA) is 228 Å². The van der Waals surface area contributed by atoms with Gasteiger partial charge >= 0.3 is 0 Å². The Labute approximate surface area is 482 Å². The van der Waals surface area contributed by atoms with E-state index in [1.807, 2.05) is 6.08 Å². The largest absolute Gasteiger partial charge is 0.394 e. The van der Waals surface area contributed by atoms with Crippen molar-refractivity contribution in [3.05, 3.63) is 122 Å². The van der Waals surface area contributed by atoms with E-state index < -0.39 is 86.8 Å². The van der Waals surface area contributed by atoms with Crippen molar-refractivity contribution in [2.75, 3.05) is 19.8 Å². The number of carbonyl (C=O) groups is 1. The zero-order chi connectivity index (χ0) is 58.1. The number of aliphatic hydroxyl groups is 8. The lowest BCUT2D eigenvalue weighted by molar-refractivity contribution is -0.359. The van der Waals surface area contributed by atoms with E-state index >= 15 is 0 Å². The maximum absolute atomic E-state index is 13.3. The fourth-order valence-corrected chi connectivity index (χ4v) is 9.20. The Bertz CT molecular complexity index is 1800. The Hall–Kier alpha value is -3.61. The van der Waals surface area contributed by atoms with Crippen LogP contribution in [0.2, 0.25) is 0 Å². The lowest BCUT2D eigenvalue weighted by atomic mass is 9.97. The van der Waals surface area contributed by atoms with Crippen molar-refractivity contribution in [2.24, 2.45) is 0 Å². The van der Waals surface area contributed by atoms with E-state index in [1.165, 1.54) is 83.5 Å². The highest BCUT2D eigenvalue weighted by molar-refractivity contribution is 5.76. The molecule has 2 fully saturated rings. The standard InChI is InChI=1S/C66H109NO13/c1-3-5-7-9-11-13-15-17-19-21-23-24-25-26-27-28-29-30-32-34-36-38-40-42-44-46-48-50-58(71)67-54(55(70)49-47-45-43-41-39-37-35-33-31-22-20-18-16-14-12-10-8-6-4-2)53-77-65-63(76)61(74)64(57(52-69)79-65)80-66-62(75)60(73)59(72)56(51-68)78-66/h5,7,11,13,17,19,23-24,26-27,29-30,34,36,39-42,47,49,54-57,59-66,68-70,72-76H,3-4,6,8-10,12,14-16,18,20-22,25,28,31-33,35,37-38,43-46,48,50-53H2,1-2H3,(H,67,71)/b7-5-,13-11-,19-17-,24-23-,27-26-,30-29-,36-34-,41-39+,42-40-,49-47+. The van der Waals surface area contributed by atoms with Gasteiger partial charge in [0.2, 0.25) is 5.91 Å². The van der Waals surface area contributed by atoms with Crippen molar-refractivity contribution < 1.29 is 64.6 Å². The maximum Gasteiger partial charge on any atom is 0.220 e. The molecule has 2 aliphatic heterocycles. The van der Waals surface area contributed by atoms with Crippen molar-refractivity contribution >= 4 is 5.91 Å². The number of hydrogen-bond acceptors (Lipinski definition) is 13. The molecule has 0 spiro atoms. The average molecular weight is 1120 g/mol. The maximum atomic E-state index is 13.3. The van der Waals surface area contributed by atoms with E-state index in [2.05, 4.69) is 129 Å². The van der Waals surface area contributed by atoms with Gasteiger partial charge in [-0.15, -0.1) is 0 Å². The Morgan fingerprint density at radius 3 is 1.38 bits per heavy atom. The second kappa shape index (κ2) is 50.0. The molecule has 2 saturated heterocycles. The second-order valence-electron chi connectivity index (χ2n) is 21.1. The van der Waals surface area contributed by atoms with Crippen LogP contribution < -0.4 is 5.32 Å². The fraction of sp³-hybridized carbons (Fsp3) is 0.682. The van der Waals surface area contributed by atoms with Crippen LogP contribution in [0.4, 0.5) is 0 Å². The Morgan fingerprint density at radius 2 is 0.875 bits per heavy atom. The highest BCUT2D eigenvalue weighted by Crippen LogP contribution is 2.30. The number of nitrogens with one attached hydrogen (secondary N) is 1. The molecule has 2 rings (SSSR count). The summed E-state index contributed by atoms with van der Waals surface area (Å²) in [6, 6.07) is -0.965. The summed E-state index contributed by atoms with van der Waals surface area (Å²) in [5.74, 6) is -0.296. The normalized spacial score (nSPS) is 25.1. The first-order valence-corrected chi connectivity index (χ1v) is 30.8. The van der Waals surface area contributed by atoms with Crippen LogP contribution in [0.5, 0.6) is 0 Å². The summed E-state index contributed by atoms with van der Waals surface area (Å²) in [6.07, 6.45) is 55.2. The molecule has 0 aromatic rings. The van der Waals surface area contributed by atoms with Crippen LogP contribution in [0.15, 0.2) is 122 Å². The summed E-state index contributed by atoms with van der Waals surface area (Å²) in [5.41, 5.74) is 0. The third-order valence-electron chi connectivity index (χ3n) is 14.1. The van der Waals surface area contributed by atoms with Crippen LogP contribution in [-0.2, 0) is 23.7 Å². The van der Waals surface area contributed by atoms with Crippen LogP contribution in [0.3, 0.4) is 0 Å². The third-order valence-corrected chi connectivity index (χ3v) is 14.1. The number of hydrogen-bond donors (Lipinski definition) is 9. The zero-order valence-corrected chi connectivity index (χ0v) is 49.0. The lowest BCUT2D eigenvalue weighted by Gasteiger charge is -2.46. The van der Waals surface area contributed by atoms with E-state index in [0.717, 1.165) is 77.0 Å². The van der Waals surface area contributed by atoms with Gasteiger partial charge in [-0.1, -0.05) is 212 Å². The molecule has 9 N–H and O–H groups in total. The molecule has 0 aliphatic carbocycles. The van der Waals surface area contributed by atoms with E-state index in [9.17, 15) is 45.6 Å². The molecule has 0 saturated carbocycles. The van der Waals surface area contributed by atoms with Crippen molar-refractivity contribution in [2.45, 2.75) is 267 Å². The molecule has 12 unspecified atom stereocenters. The van der Waals surface area contributed by atoms with E-state index in [4.69, 9.17) is 18.9 Å². The van der Waals surface area contributed by atoms with Gasteiger partial charge in [0, 0.05) is 6.42 Å². The summed E-state index contributed by atoms with van der Waals surface area (Å²) >= 11 is 0. The Kier molecular flexibility index (Phi) is 45.3. The van der Waals surface area contributed by atoms with Gasteiger partial charge in [0.25, 0.3) is 0 Å². The molecule has 2 aliphatic rings. The van der Waals surface area contributed by atoms with E-state index in [0.29, 0.717) is 12.8 Å². The van der Waals surface area contributed by atoms with Gasteiger partial charge in [-0.3, -0.25) is 4.79 Å². The quantitative estimate of drug-likeness (QED) is 0.0204. The summed E-state index contributed by atoms with van der Waals surface area (Å²) in [4.78, 5) is 13.3. The van der Waals surface area contributed by atoms with Crippen LogP contribution in [0.25, 0.3) is 0 Å². The molecular formula is C66H109NO13. The van der Waals surface area contributed by atoms with Gasteiger partial charge in [-0.05, 0) is 96.3 Å². The van der Waals surface area contributed by atoms with Gasteiger partial charge in [-0.2, -0.15) is 0 Å². The number of rotatable bonds is 47. The average Bonchev–Trinajstić information content (AvgIpc) is 3.49. The van der Waals surface area contributed by atoms with Crippen molar-refractivity contribution in [1.29, 1.82) is 0 Å². The van der Waals surface area contributed by atoms with Crippen LogP contribution in [0.1, 0.15) is 194 Å². The number of aliphatic hydroxyl groups excluding tert-OH is 8. The molecule has 14 heteroatoms. The predicted molar refractivity (Wildman–Crippen MR) is 322 cm³/mol. The number of carbonyl (C=O) groups excluding carboxylic acids is 1. The second-order valence-corrected chi connectivity index (χ2v) is 21.1. The summed E-state index contributed by atoms with van der Waals surface area (Å²) in [6.45, 7) is 2.62. The van der Waals surface area contributed by atoms with Crippen molar-refractivity contribution in [3.63, 3.8) is 0 Å². The third kappa shape index (κ3) is 34.7. The van der Waals surface area contributed by atoms with Crippen molar-refractivity contribution in [3.8, 4) is 0 Å². The van der Waals surface area contributed by atoms with Gasteiger partial charge in [0.15, 0.2) is 12.6 Å². The molecule has 1 amide bonds. The van der Waals surface area contributed by atoms with Crippen LogP contribution in [-0.4, -0.2) is 140 Å². The first-order chi connectivity index (χ1) is 39.1. The molecule has 12 atom stereocenters. The first kappa shape index (κ1) is 72.5. The van der Waals surface area contributed by atoms with Gasteiger partial charge in [-0.25, -0.2) is 0 Å². The Morgan fingerprint density at radius 1 is 0.463 bits per heavy atom. The molecular weight excluding hydrogens is 1010 g/mol. The molecule has 456 valence electrons. The van der Waals surface area contributed by atoms with Crippen molar-refractivity contribution in [1.82, 2.24) is 5.32 Å². The van der Waals surface area contributed by atoms with Gasteiger partial charge in [0.1, 0.15) is 48.8 Å². The molecule has 0 bridgehead atoms. The highest BCUT2D eigenvalue weighted by atomic mass is 16.7. The Balaban J connectivity index is 1.80. The lowest BCUT2D eigenvalue weighted by Crippen LogP contribution is -2.65. The van der Waals surface area contributed by atoms with E-state index in [1.54, 1.807) is 6.08 Å². The first-order valence-electron chi connectivity index (χ1n) is 30.8. The minimum atomic E-state index is -1.80. The molecule has 80 heavy (non-hydrogen) atoms. The van der Waals surface area contributed by atoms with E-state index in [-0.39, 0.29) is 18.9 Å². The summed E-state index contributed by atoms with van der Waals surface area (Å²) in [5, 5.41) is 87.1. The minimum Gasteiger partial charge on any atom is -0.394 e. The fourth-order valence-electron chi connectivity index (χ4n) is 9.20. The number of amides is 1. The van der Waals surface area contributed by atoms with Gasteiger partial charge < -0.3 is 65.1 Å². The molecule has 0 aromatic heterocycles. The molecule has 0 aromatic carbocycles. The zero-order valence-electron chi connectivity index (χ0n) is 49.0. The van der Waals surface area contributed by atoms with Crippen LogP contribution in [0, 0.1) is 0 Å². The smallest absolute Gasteiger partial charge is 0.220 e. The van der Waals surface area contributed by atoms with Gasteiger partial charge in [0.05, 0.1) is 32.0 Å². The SMILES string of the molecule is CC/C=C\C/C=C\C/C=C\C/C=C\C/C=C\C/C=C\C/C=C\C/C=C\CCCCC(=O)NC(COC1OC(CO)C(OC2OC(CO)C(O)C(O)C2O)C(O)C1O)C(O)/C=C/CC/C=C/CCCCCCCCCCCCCCC. The predicted octanol–water partition coefficient (Wildman–Crippen LogP) is 11.0. The molecule has 14 nitrogen and oxygen atoms in total. The highest BCUT2D eigenvalue weighted by Gasteiger charge is 2.51. The monoisotopic (exact) mass is 1120 g/mol. The number of ether oxygens (including phenoxy) is 4. The van der Waals surface area contributed by atoms with Crippen LogP contribution >= 0.6 is 0 Å². The number of unbranched alkanes of at least 4 members (excludes halogenated alkanes) is 16. The summed E-state index contributed by atoms with van der Waals surface area (Å²) in [7, 11) is 0.